The summed E-state index contributed by atoms with van der Waals surface area (Å²) >= 11 is 0. The average Bonchev–Trinajstić information content (AvgIpc) is 2.59. The average molecular weight is 309 g/mol. The van der Waals surface area contributed by atoms with Gasteiger partial charge in [0.05, 0.1) is 17.2 Å². The van der Waals surface area contributed by atoms with Crippen molar-refractivity contribution >= 4 is 5.97 Å². The minimum Gasteiger partial charge on any atom is -0.486 e. The summed E-state index contributed by atoms with van der Waals surface area (Å²) in [6.07, 6.45) is 2.84. The number of nitriles is 1. The van der Waals surface area contributed by atoms with Gasteiger partial charge >= 0.3 is 5.97 Å². The number of hydrogen-bond donors (Lipinski definition) is 1. The Morgan fingerprint density at radius 3 is 2.35 bits per heavy atom. The van der Waals surface area contributed by atoms with Crippen LogP contribution in [0.25, 0.3) is 0 Å². The van der Waals surface area contributed by atoms with Crippen LogP contribution < -0.4 is 4.74 Å². The van der Waals surface area contributed by atoms with Crippen molar-refractivity contribution in [2.24, 2.45) is 0 Å². The van der Waals surface area contributed by atoms with Crippen LogP contribution in [0.3, 0.4) is 0 Å². The fraction of sp³-hybridized carbons (Fsp3) is 0.263. The molecule has 0 heterocycles. The van der Waals surface area contributed by atoms with E-state index >= 15 is 0 Å². The largest absolute Gasteiger partial charge is 0.486 e. The highest BCUT2D eigenvalue weighted by Crippen LogP contribution is 2.27. The standard InChI is InChI=1S/C19H19NO3/c1-2-3-4-18(15-7-5-14(13-20)6-8-15)23-17-11-9-16(10-12-17)19(21)22/h5-12,18H,2-4H2,1H3,(H,21,22). The number of aromatic carboxylic acids is 1. The second-order valence-electron chi connectivity index (χ2n) is 5.31. The lowest BCUT2D eigenvalue weighted by Crippen LogP contribution is -2.08. The minimum atomic E-state index is -0.953. The first kappa shape index (κ1) is 16.6. The van der Waals surface area contributed by atoms with E-state index in [9.17, 15) is 4.79 Å². The molecule has 0 radical (unpaired) electrons. The van der Waals surface area contributed by atoms with Gasteiger partial charge in [0.2, 0.25) is 0 Å². The highest BCUT2D eigenvalue weighted by Gasteiger charge is 2.13. The van der Waals surface area contributed by atoms with Crippen molar-refractivity contribution in [1.82, 2.24) is 0 Å². The number of carbonyl (C=O) groups is 1. The van der Waals surface area contributed by atoms with Gasteiger partial charge in [0.1, 0.15) is 11.9 Å². The fourth-order valence-electron chi connectivity index (χ4n) is 2.30. The van der Waals surface area contributed by atoms with E-state index in [0.29, 0.717) is 11.3 Å². The van der Waals surface area contributed by atoms with Crippen LogP contribution in [-0.2, 0) is 0 Å². The molecule has 2 aromatic carbocycles. The van der Waals surface area contributed by atoms with Crippen LogP contribution in [0, 0.1) is 11.3 Å². The van der Waals surface area contributed by atoms with Gasteiger partial charge in [-0.1, -0.05) is 25.5 Å². The molecule has 0 saturated heterocycles. The smallest absolute Gasteiger partial charge is 0.335 e. The molecule has 4 nitrogen and oxygen atoms in total. The summed E-state index contributed by atoms with van der Waals surface area (Å²) < 4.78 is 6.04. The predicted octanol–water partition coefficient (Wildman–Crippen LogP) is 4.57. The Bertz CT molecular complexity index is 684. The van der Waals surface area contributed by atoms with Gasteiger partial charge in [-0.05, 0) is 54.8 Å². The van der Waals surface area contributed by atoms with Crippen molar-refractivity contribution in [3.05, 3.63) is 65.2 Å². The molecule has 4 heteroatoms. The normalized spacial score (nSPS) is 11.5. The molecule has 0 spiro atoms. The summed E-state index contributed by atoms with van der Waals surface area (Å²) in [4.78, 5) is 10.9. The van der Waals surface area contributed by atoms with Crippen molar-refractivity contribution in [2.45, 2.75) is 32.3 Å². The maximum Gasteiger partial charge on any atom is 0.335 e. The van der Waals surface area contributed by atoms with Gasteiger partial charge in [-0.3, -0.25) is 0 Å². The van der Waals surface area contributed by atoms with E-state index in [4.69, 9.17) is 15.1 Å². The first-order valence-electron chi connectivity index (χ1n) is 7.64. The van der Waals surface area contributed by atoms with Crippen LogP contribution >= 0.6 is 0 Å². The molecule has 0 aliphatic rings. The van der Waals surface area contributed by atoms with Crippen molar-refractivity contribution in [2.75, 3.05) is 0 Å². The zero-order chi connectivity index (χ0) is 16.7. The van der Waals surface area contributed by atoms with Gasteiger partial charge in [0.15, 0.2) is 0 Å². The number of carboxylic acids is 1. The molecule has 0 aromatic heterocycles. The topological polar surface area (TPSA) is 70.3 Å². The minimum absolute atomic E-state index is 0.113. The molecule has 1 atom stereocenters. The number of carboxylic acid groups (broad SMARTS) is 1. The third-order valence-corrected chi connectivity index (χ3v) is 3.61. The Morgan fingerprint density at radius 1 is 1.17 bits per heavy atom. The van der Waals surface area contributed by atoms with Gasteiger partial charge < -0.3 is 9.84 Å². The van der Waals surface area contributed by atoms with Gasteiger partial charge in [-0.25, -0.2) is 4.79 Å². The molecule has 118 valence electrons. The molecule has 0 fully saturated rings. The maximum absolute atomic E-state index is 10.9. The summed E-state index contributed by atoms with van der Waals surface area (Å²) in [6, 6.07) is 15.9. The van der Waals surface area contributed by atoms with E-state index in [0.717, 1.165) is 24.8 Å². The molecule has 2 rings (SSSR count). The molecule has 0 amide bonds. The number of nitrogens with zero attached hydrogens (tertiary/aromatic N) is 1. The third-order valence-electron chi connectivity index (χ3n) is 3.61. The lowest BCUT2D eigenvalue weighted by molar-refractivity contribution is 0.0697. The van der Waals surface area contributed by atoms with E-state index in [2.05, 4.69) is 13.0 Å². The highest BCUT2D eigenvalue weighted by molar-refractivity contribution is 5.87. The molecule has 1 N–H and O–H groups in total. The van der Waals surface area contributed by atoms with Crippen LogP contribution in [0.4, 0.5) is 0 Å². The predicted molar refractivity (Wildman–Crippen MR) is 87.5 cm³/mol. The summed E-state index contributed by atoms with van der Waals surface area (Å²) in [7, 11) is 0. The fourth-order valence-corrected chi connectivity index (χ4v) is 2.30. The van der Waals surface area contributed by atoms with E-state index < -0.39 is 5.97 Å². The Labute approximate surface area is 136 Å². The first-order valence-corrected chi connectivity index (χ1v) is 7.64. The molecule has 0 aliphatic heterocycles. The molecular formula is C19H19NO3. The van der Waals surface area contributed by atoms with E-state index in [1.165, 1.54) is 12.1 Å². The zero-order valence-electron chi connectivity index (χ0n) is 13.0. The Kier molecular flexibility index (Phi) is 5.76. The van der Waals surface area contributed by atoms with Gasteiger partial charge in [-0.15, -0.1) is 0 Å². The first-order chi connectivity index (χ1) is 11.1. The summed E-state index contributed by atoms with van der Waals surface area (Å²) in [5.41, 5.74) is 1.87. The van der Waals surface area contributed by atoms with Gasteiger partial charge in [-0.2, -0.15) is 5.26 Å². The van der Waals surface area contributed by atoms with Crippen LogP contribution in [0.2, 0.25) is 0 Å². The molecule has 1 unspecified atom stereocenters. The summed E-state index contributed by atoms with van der Waals surface area (Å²) in [5, 5.41) is 17.8. The van der Waals surface area contributed by atoms with Crippen molar-refractivity contribution in [3.63, 3.8) is 0 Å². The zero-order valence-corrected chi connectivity index (χ0v) is 13.0. The highest BCUT2D eigenvalue weighted by atomic mass is 16.5. The Balaban J connectivity index is 2.17. The lowest BCUT2D eigenvalue weighted by atomic mass is 10.0. The summed E-state index contributed by atoms with van der Waals surface area (Å²) in [6.45, 7) is 2.12. The van der Waals surface area contributed by atoms with Gasteiger partial charge in [0.25, 0.3) is 0 Å². The number of unbranched alkanes of at least 4 members (excludes halogenated alkanes) is 1. The number of rotatable bonds is 7. The molecule has 2 aromatic rings. The van der Waals surface area contributed by atoms with Crippen molar-refractivity contribution in [1.29, 1.82) is 5.26 Å². The maximum atomic E-state index is 10.9. The van der Waals surface area contributed by atoms with Crippen LogP contribution in [-0.4, -0.2) is 11.1 Å². The van der Waals surface area contributed by atoms with Crippen LogP contribution in [0.5, 0.6) is 5.75 Å². The molecule has 0 saturated carbocycles. The summed E-state index contributed by atoms with van der Waals surface area (Å²) in [5.74, 6) is -0.313. The number of ether oxygens (including phenoxy) is 1. The SMILES string of the molecule is CCCCC(Oc1ccc(C(=O)O)cc1)c1ccc(C#N)cc1. The van der Waals surface area contributed by atoms with Crippen LogP contribution in [0.1, 0.15) is 53.8 Å². The van der Waals surface area contributed by atoms with E-state index in [-0.39, 0.29) is 11.7 Å². The third kappa shape index (κ3) is 4.58. The van der Waals surface area contributed by atoms with Crippen molar-refractivity contribution in [3.8, 4) is 11.8 Å². The van der Waals surface area contributed by atoms with Crippen LogP contribution in [0.15, 0.2) is 48.5 Å². The molecule has 23 heavy (non-hydrogen) atoms. The number of hydrogen-bond acceptors (Lipinski definition) is 3. The van der Waals surface area contributed by atoms with E-state index in [1.54, 1.807) is 24.3 Å². The number of benzene rings is 2. The molecule has 0 bridgehead atoms. The molecule has 0 aliphatic carbocycles. The lowest BCUT2D eigenvalue weighted by Gasteiger charge is -2.19. The van der Waals surface area contributed by atoms with Crippen molar-refractivity contribution < 1.29 is 14.6 Å². The quantitative estimate of drug-likeness (QED) is 0.813. The molecular weight excluding hydrogens is 290 g/mol. The second kappa shape index (κ2) is 8.00. The Hall–Kier alpha value is -2.80. The Morgan fingerprint density at radius 2 is 1.83 bits per heavy atom. The second-order valence-corrected chi connectivity index (χ2v) is 5.31. The monoisotopic (exact) mass is 309 g/mol. The van der Waals surface area contributed by atoms with E-state index in [1.807, 2.05) is 12.1 Å². The van der Waals surface area contributed by atoms with Gasteiger partial charge in [0, 0.05) is 0 Å².